The molecule has 3 rings (SSSR count). The number of pyridine rings is 1. The molecule has 6 heteroatoms. The molecule has 1 aromatic rings. The van der Waals surface area contributed by atoms with E-state index in [9.17, 15) is 4.79 Å². The number of aromatic nitrogens is 1. The number of nitrogens with zero attached hydrogens (tertiary/aromatic N) is 3. The highest BCUT2D eigenvalue weighted by Gasteiger charge is 2.23. The first-order valence-corrected chi connectivity index (χ1v) is 7.47. The Bertz CT molecular complexity index is 454. The van der Waals surface area contributed by atoms with Crippen molar-refractivity contribution in [2.24, 2.45) is 0 Å². The van der Waals surface area contributed by atoms with Crippen molar-refractivity contribution in [3.63, 3.8) is 0 Å². The minimum atomic E-state index is -0.142. The Morgan fingerprint density at radius 3 is 2.86 bits per heavy atom. The van der Waals surface area contributed by atoms with Crippen LogP contribution < -0.4 is 4.90 Å². The summed E-state index contributed by atoms with van der Waals surface area (Å²) < 4.78 is 10.6. The van der Waals surface area contributed by atoms with E-state index in [1.54, 1.807) is 0 Å². The molecule has 0 bridgehead atoms. The van der Waals surface area contributed by atoms with Gasteiger partial charge >= 0.3 is 5.97 Å². The van der Waals surface area contributed by atoms with Crippen LogP contribution in [-0.4, -0.2) is 67.9 Å². The number of anilines is 1. The van der Waals surface area contributed by atoms with Gasteiger partial charge in [-0.3, -0.25) is 9.69 Å². The number of carbonyl (C=O) groups excluding carboxylic acids is 1. The van der Waals surface area contributed by atoms with E-state index in [0.29, 0.717) is 19.8 Å². The molecule has 1 aromatic heterocycles. The van der Waals surface area contributed by atoms with Crippen molar-refractivity contribution in [1.82, 2.24) is 9.88 Å². The summed E-state index contributed by atoms with van der Waals surface area (Å²) in [5.41, 5.74) is 0. The number of hydrogen-bond acceptors (Lipinski definition) is 6. The maximum atomic E-state index is 11.9. The van der Waals surface area contributed by atoms with Crippen molar-refractivity contribution in [1.29, 1.82) is 0 Å². The van der Waals surface area contributed by atoms with E-state index in [4.69, 9.17) is 9.47 Å². The number of hydrogen-bond donors (Lipinski definition) is 0. The number of carbonyl (C=O) groups is 1. The van der Waals surface area contributed by atoms with Gasteiger partial charge in [-0.15, -0.1) is 0 Å². The van der Waals surface area contributed by atoms with E-state index in [1.165, 1.54) is 0 Å². The lowest BCUT2D eigenvalue weighted by Gasteiger charge is -2.34. The summed E-state index contributed by atoms with van der Waals surface area (Å²) in [4.78, 5) is 20.6. The van der Waals surface area contributed by atoms with Gasteiger partial charge in [-0.25, -0.2) is 4.98 Å². The van der Waals surface area contributed by atoms with Crippen LogP contribution in [0.5, 0.6) is 0 Å². The highest BCUT2D eigenvalue weighted by Crippen LogP contribution is 2.13. The molecule has 0 N–H and O–H groups in total. The minimum absolute atomic E-state index is 0.0488. The number of esters is 1. The van der Waals surface area contributed by atoms with E-state index < -0.39 is 0 Å². The van der Waals surface area contributed by atoms with E-state index >= 15 is 0 Å². The Morgan fingerprint density at radius 1 is 1.33 bits per heavy atom. The van der Waals surface area contributed by atoms with Gasteiger partial charge in [-0.1, -0.05) is 6.07 Å². The Hall–Kier alpha value is -1.66. The summed E-state index contributed by atoms with van der Waals surface area (Å²) in [6, 6.07) is 5.93. The molecule has 0 spiro atoms. The zero-order chi connectivity index (χ0) is 14.5. The second-order valence-corrected chi connectivity index (χ2v) is 5.43. The molecule has 2 aliphatic heterocycles. The zero-order valence-corrected chi connectivity index (χ0v) is 12.1. The molecule has 0 aliphatic carbocycles. The second-order valence-electron chi connectivity index (χ2n) is 5.43. The zero-order valence-electron chi connectivity index (χ0n) is 12.1. The summed E-state index contributed by atoms with van der Waals surface area (Å²) in [5.74, 6) is 0.861. The summed E-state index contributed by atoms with van der Waals surface area (Å²) >= 11 is 0. The van der Waals surface area contributed by atoms with Crippen LogP contribution in [0.1, 0.15) is 6.42 Å². The molecule has 6 nitrogen and oxygen atoms in total. The third-order valence-corrected chi connectivity index (χ3v) is 3.88. The average molecular weight is 291 g/mol. The van der Waals surface area contributed by atoms with E-state index in [0.717, 1.165) is 38.4 Å². The molecule has 0 aromatic carbocycles. The molecule has 2 aliphatic rings. The Morgan fingerprint density at radius 2 is 2.19 bits per heavy atom. The molecule has 1 atom stereocenters. The molecule has 3 heterocycles. The topological polar surface area (TPSA) is 54.9 Å². The molecule has 0 amide bonds. The summed E-state index contributed by atoms with van der Waals surface area (Å²) in [7, 11) is 0. The highest BCUT2D eigenvalue weighted by atomic mass is 16.6. The molecule has 21 heavy (non-hydrogen) atoms. The first-order chi connectivity index (χ1) is 10.3. The Labute approximate surface area is 124 Å². The van der Waals surface area contributed by atoms with Gasteiger partial charge in [-0.05, 0) is 12.1 Å². The fourth-order valence-corrected chi connectivity index (χ4v) is 2.69. The minimum Gasteiger partial charge on any atom is -0.459 e. The molecule has 0 saturated carbocycles. The molecule has 114 valence electrons. The monoisotopic (exact) mass is 291 g/mol. The SMILES string of the molecule is O=C(CN1CCN(c2ccccn2)CC1)OC1CCOC1. The number of ether oxygens (including phenoxy) is 2. The maximum Gasteiger partial charge on any atom is 0.320 e. The molecule has 2 fully saturated rings. The van der Waals surface area contributed by atoms with E-state index in [1.807, 2.05) is 24.4 Å². The lowest BCUT2D eigenvalue weighted by Crippen LogP contribution is -2.48. The van der Waals surface area contributed by atoms with Crippen LogP contribution in [0.25, 0.3) is 0 Å². The van der Waals surface area contributed by atoms with Crippen LogP contribution >= 0.6 is 0 Å². The lowest BCUT2D eigenvalue weighted by atomic mass is 10.3. The van der Waals surface area contributed by atoms with Crippen molar-refractivity contribution in [2.75, 3.05) is 50.8 Å². The summed E-state index contributed by atoms with van der Waals surface area (Å²) in [6.45, 7) is 5.08. The third-order valence-electron chi connectivity index (χ3n) is 3.88. The van der Waals surface area contributed by atoms with Crippen molar-refractivity contribution < 1.29 is 14.3 Å². The van der Waals surface area contributed by atoms with Gasteiger partial charge in [-0.2, -0.15) is 0 Å². The Kier molecular flexibility index (Phi) is 4.67. The van der Waals surface area contributed by atoms with Gasteiger partial charge in [0.1, 0.15) is 11.9 Å². The van der Waals surface area contributed by atoms with Crippen molar-refractivity contribution in [2.45, 2.75) is 12.5 Å². The van der Waals surface area contributed by atoms with Gasteiger partial charge in [0.05, 0.1) is 19.8 Å². The third kappa shape index (κ3) is 3.92. The largest absolute Gasteiger partial charge is 0.459 e. The van der Waals surface area contributed by atoms with Crippen LogP contribution in [0, 0.1) is 0 Å². The van der Waals surface area contributed by atoms with Gasteiger partial charge in [0.2, 0.25) is 0 Å². The average Bonchev–Trinajstić information content (AvgIpc) is 3.02. The lowest BCUT2D eigenvalue weighted by molar-refractivity contribution is -0.150. The van der Waals surface area contributed by atoms with Crippen molar-refractivity contribution in [3.8, 4) is 0 Å². The van der Waals surface area contributed by atoms with Gasteiger partial charge in [0.15, 0.2) is 0 Å². The summed E-state index contributed by atoms with van der Waals surface area (Å²) in [6.07, 6.45) is 2.58. The fourth-order valence-electron chi connectivity index (χ4n) is 2.69. The predicted octanol–water partition coefficient (Wildman–Crippen LogP) is 0.536. The van der Waals surface area contributed by atoms with Crippen LogP contribution in [0.2, 0.25) is 0 Å². The van der Waals surface area contributed by atoms with Crippen LogP contribution in [0.3, 0.4) is 0 Å². The fraction of sp³-hybridized carbons (Fsp3) is 0.600. The van der Waals surface area contributed by atoms with Crippen LogP contribution in [-0.2, 0) is 14.3 Å². The van der Waals surface area contributed by atoms with Crippen molar-refractivity contribution >= 4 is 11.8 Å². The predicted molar refractivity (Wildman–Crippen MR) is 78.2 cm³/mol. The molecule has 0 radical (unpaired) electrons. The first kappa shape index (κ1) is 14.3. The summed E-state index contributed by atoms with van der Waals surface area (Å²) in [5, 5.41) is 0. The Balaban J connectivity index is 1.42. The quantitative estimate of drug-likeness (QED) is 0.755. The second kappa shape index (κ2) is 6.87. The van der Waals surface area contributed by atoms with Gasteiger partial charge < -0.3 is 14.4 Å². The van der Waals surface area contributed by atoms with Gasteiger partial charge in [0.25, 0.3) is 0 Å². The standard InChI is InChI=1S/C15H21N3O3/c19-15(21-13-4-10-20-12-13)11-17-6-8-18(9-7-17)14-3-1-2-5-16-14/h1-3,5,13H,4,6-12H2. The van der Waals surface area contributed by atoms with Crippen molar-refractivity contribution in [3.05, 3.63) is 24.4 Å². The van der Waals surface area contributed by atoms with E-state index in [2.05, 4.69) is 14.8 Å². The molecule has 2 saturated heterocycles. The van der Waals surface area contributed by atoms with E-state index in [-0.39, 0.29) is 12.1 Å². The van der Waals surface area contributed by atoms with Gasteiger partial charge in [0, 0.05) is 38.8 Å². The normalized spacial score (nSPS) is 23.2. The maximum absolute atomic E-state index is 11.9. The first-order valence-electron chi connectivity index (χ1n) is 7.47. The number of piperazine rings is 1. The smallest absolute Gasteiger partial charge is 0.320 e. The number of rotatable bonds is 4. The molecule has 1 unspecified atom stereocenters. The van der Waals surface area contributed by atoms with Crippen LogP contribution in [0.4, 0.5) is 5.82 Å². The molecular weight excluding hydrogens is 270 g/mol. The molecular formula is C15H21N3O3. The highest BCUT2D eigenvalue weighted by molar-refractivity contribution is 5.72. The van der Waals surface area contributed by atoms with Crippen LogP contribution in [0.15, 0.2) is 24.4 Å².